The second-order valence-electron chi connectivity index (χ2n) is 2.95. The summed E-state index contributed by atoms with van der Waals surface area (Å²) in [6.07, 6.45) is 3.71. The summed E-state index contributed by atoms with van der Waals surface area (Å²) in [5.74, 6) is 0.661. The fourth-order valence-electron chi connectivity index (χ4n) is 1.26. The Morgan fingerprint density at radius 2 is 2.20 bits per heavy atom. The van der Waals surface area contributed by atoms with Crippen molar-refractivity contribution in [1.29, 1.82) is 0 Å². The Labute approximate surface area is 89.2 Å². The number of fused-ring (bicyclic) bond motifs is 1. The largest absolute Gasteiger partial charge is 0.405 e. The van der Waals surface area contributed by atoms with Gasteiger partial charge >= 0.3 is 0 Å². The summed E-state index contributed by atoms with van der Waals surface area (Å²) in [4.78, 5) is 23.7. The van der Waals surface area contributed by atoms with E-state index in [-0.39, 0.29) is 10.3 Å². The molecule has 0 aliphatic carbocycles. The number of hydrogen-bond acceptors (Lipinski definition) is 4. The van der Waals surface area contributed by atoms with E-state index in [2.05, 4.69) is 19.9 Å². The normalized spacial score (nSPS) is 11.5. The summed E-state index contributed by atoms with van der Waals surface area (Å²) in [5, 5.41) is 0. The maximum atomic E-state index is 11.4. The Hall–Kier alpha value is -1.89. The predicted octanol–water partition coefficient (Wildman–Crippen LogP) is 0.324. The van der Waals surface area contributed by atoms with E-state index >= 15 is 0 Å². The molecule has 0 saturated carbocycles. The van der Waals surface area contributed by atoms with E-state index in [1.165, 1.54) is 6.20 Å². The van der Waals surface area contributed by atoms with Crippen LogP contribution >= 0.6 is 12.2 Å². The van der Waals surface area contributed by atoms with Gasteiger partial charge in [0.05, 0.1) is 0 Å². The number of H-pyrrole nitrogens is 3. The Morgan fingerprint density at radius 3 is 2.93 bits per heavy atom. The van der Waals surface area contributed by atoms with Crippen LogP contribution in [0.15, 0.2) is 17.1 Å². The van der Waals surface area contributed by atoms with Crippen molar-refractivity contribution in [3.05, 3.63) is 33.2 Å². The van der Waals surface area contributed by atoms with Gasteiger partial charge in [0, 0.05) is 6.42 Å². The molecule has 15 heavy (non-hydrogen) atoms. The second kappa shape index (κ2) is 3.70. The highest BCUT2D eigenvalue weighted by Gasteiger charge is 2.04. The first-order chi connectivity index (χ1) is 7.20. The lowest BCUT2D eigenvalue weighted by molar-refractivity contribution is 1.06. The molecule has 0 spiro atoms. The molecular weight excluding hydrogens is 214 g/mol. The Bertz CT molecular complexity index is 620. The number of aromatic nitrogens is 4. The number of allylic oxidation sites excluding steroid dienone is 1. The van der Waals surface area contributed by atoms with Crippen molar-refractivity contribution in [3.8, 4) is 0 Å². The molecule has 0 bridgehead atoms. The van der Waals surface area contributed by atoms with Crippen LogP contribution in [0.1, 0.15) is 5.82 Å². The zero-order chi connectivity index (χ0) is 10.8. The summed E-state index contributed by atoms with van der Waals surface area (Å²) >= 11 is 4.82. The SMILES string of the molecule is NC=CCc1nc2[nH]c(=S)[nH]c(=O)c2[nH]1. The van der Waals surface area contributed by atoms with Gasteiger partial charge in [-0.1, -0.05) is 6.08 Å². The molecule has 5 N–H and O–H groups in total. The first kappa shape index (κ1) is 9.66. The van der Waals surface area contributed by atoms with Crippen LogP contribution < -0.4 is 11.3 Å². The van der Waals surface area contributed by atoms with E-state index in [9.17, 15) is 4.79 Å². The van der Waals surface area contributed by atoms with E-state index in [0.717, 1.165) is 0 Å². The minimum Gasteiger partial charge on any atom is -0.405 e. The van der Waals surface area contributed by atoms with Gasteiger partial charge in [0.1, 0.15) is 11.3 Å². The number of hydrogen-bond donors (Lipinski definition) is 4. The smallest absolute Gasteiger partial charge is 0.277 e. The molecule has 78 valence electrons. The summed E-state index contributed by atoms with van der Waals surface area (Å²) < 4.78 is 0.264. The minimum atomic E-state index is -0.274. The number of nitrogens with zero attached hydrogens (tertiary/aromatic N) is 1. The van der Waals surface area contributed by atoms with E-state index < -0.39 is 0 Å². The van der Waals surface area contributed by atoms with Gasteiger partial charge in [0.15, 0.2) is 10.4 Å². The third-order valence-electron chi connectivity index (χ3n) is 1.89. The number of aromatic amines is 3. The summed E-state index contributed by atoms with van der Waals surface area (Å²) in [5.41, 5.74) is 5.79. The number of imidazole rings is 1. The first-order valence-electron chi connectivity index (χ1n) is 4.28. The monoisotopic (exact) mass is 223 g/mol. The van der Waals surface area contributed by atoms with E-state index in [1.807, 2.05) is 0 Å². The van der Waals surface area contributed by atoms with Crippen LogP contribution in [0, 0.1) is 4.77 Å². The van der Waals surface area contributed by atoms with Crippen molar-refractivity contribution in [1.82, 2.24) is 19.9 Å². The topological polar surface area (TPSA) is 103 Å². The molecule has 0 unspecified atom stereocenters. The molecular formula is C8H9N5OS. The van der Waals surface area contributed by atoms with E-state index in [0.29, 0.717) is 23.4 Å². The third-order valence-corrected chi connectivity index (χ3v) is 2.09. The molecule has 0 aliphatic rings. The summed E-state index contributed by atoms with van der Waals surface area (Å²) in [7, 11) is 0. The molecule has 0 saturated heterocycles. The highest BCUT2D eigenvalue weighted by atomic mass is 32.1. The van der Waals surface area contributed by atoms with Crippen LogP contribution in [0.2, 0.25) is 0 Å². The van der Waals surface area contributed by atoms with Gasteiger partial charge in [-0.25, -0.2) is 4.98 Å². The molecule has 0 radical (unpaired) electrons. The molecule has 0 aromatic carbocycles. The highest BCUT2D eigenvalue weighted by Crippen LogP contribution is 2.03. The fourth-order valence-corrected chi connectivity index (χ4v) is 1.45. The van der Waals surface area contributed by atoms with E-state index in [1.54, 1.807) is 6.08 Å². The van der Waals surface area contributed by atoms with Crippen molar-refractivity contribution in [2.24, 2.45) is 5.73 Å². The lowest BCUT2D eigenvalue weighted by Gasteiger charge is -1.85. The van der Waals surface area contributed by atoms with Crippen molar-refractivity contribution < 1.29 is 0 Å². The van der Waals surface area contributed by atoms with Crippen LogP contribution in [0.5, 0.6) is 0 Å². The lowest BCUT2D eigenvalue weighted by Crippen LogP contribution is -2.07. The number of nitrogens with two attached hydrogens (primary N) is 1. The lowest BCUT2D eigenvalue weighted by atomic mass is 10.4. The third kappa shape index (κ3) is 1.82. The molecule has 7 heteroatoms. The second-order valence-corrected chi connectivity index (χ2v) is 3.36. The van der Waals surface area contributed by atoms with Crippen LogP contribution in [0.3, 0.4) is 0 Å². The molecule has 2 aromatic heterocycles. The van der Waals surface area contributed by atoms with Crippen LogP contribution in [-0.2, 0) is 6.42 Å². The van der Waals surface area contributed by atoms with Gasteiger partial charge in [-0.3, -0.25) is 9.78 Å². The van der Waals surface area contributed by atoms with Gasteiger partial charge in [-0.15, -0.1) is 0 Å². The number of rotatable bonds is 2. The average molecular weight is 223 g/mol. The Morgan fingerprint density at radius 1 is 1.40 bits per heavy atom. The zero-order valence-electron chi connectivity index (χ0n) is 7.70. The van der Waals surface area contributed by atoms with Crippen LogP contribution in [0.25, 0.3) is 11.2 Å². The molecule has 0 fully saturated rings. The molecule has 2 heterocycles. The van der Waals surface area contributed by atoms with E-state index in [4.69, 9.17) is 18.0 Å². The summed E-state index contributed by atoms with van der Waals surface area (Å²) in [6, 6.07) is 0. The predicted molar refractivity (Wildman–Crippen MR) is 58.9 cm³/mol. The summed E-state index contributed by atoms with van der Waals surface area (Å²) in [6.45, 7) is 0. The van der Waals surface area contributed by atoms with Gasteiger partial charge in [0.25, 0.3) is 5.56 Å². The molecule has 0 aliphatic heterocycles. The number of nitrogens with one attached hydrogen (secondary N) is 3. The van der Waals surface area contributed by atoms with Crippen molar-refractivity contribution >= 4 is 23.4 Å². The standard InChI is InChI=1S/C8H9N5OS/c9-3-1-2-4-10-5-6(11-4)12-8(15)13-7(5)14/h1,3H,2,9H2,(H3,10,11,12,13,14,15). The van der Waals surface area contributed by atoms with Crippen molar-refractivity contribution in [3.63, 3.8) is 0 Å². The van der Waals surface area contributed by atoms with Crippen molar-refractivity contribution in [2.45, 2.75) is 6.42 Å². The first-order valence-corrected chi connectivity index (χ1v) is 4.69. The average Bonchev–Trinajstić information content (AvgIpc) is 2.57. The molecule has 2 rings (SSSR count). The minimum absolute atomic E-state index is 0.264. The van der Waals surface area contributed by atoms with Gasteiger partial charge in [-0.2, -0.15) is 0 Å². The Kier molecular flexibility index (Phi) is 2.38. The molecule has 2 aromatic rings. The van der Waals surface area contributed by atoms with Gasteiger partial charge < -0.3 is 15.7 Å². The quantitative estimate of drug-likeness (QED) is 0.550. The maximum absolute atomic E-state index is 11.4. The van der Waals surface area contributed by atoms with Crippen LogP contribution in [0.4, 0.5) is 0 Å². The van der Waals surface area contributed by atoms with Crippen molar-refractivity contribution in [2.75, 3.05) is 0 Å². The van der Waals surface area contributed by atoms with Gasteiger partial charge in [-0.05, 0) is 18.4 Å². The van der Waals surface area contributed by atoms with Gasteiger partial charge in [0.2, 0.25) is 0 Å². The maximum Gasteiger partial charge on any atom is 0.277 e. The fraction of sp³-hybridized carbons (Fsp3) is 0.125. The van der Waals surface area contributed by atoms with Crippen LogP contribution in [-0.4, -0.2) is 19.9 Å². The highest BCUT2D eigenvalue weighted by molar-refractivity contribution is 7.71. The Balaban J connectivity index is 2.60. The molecule has 6 nitrogen and oxygen atoms in total. The zero-order valence-corrected chi connectivity index (χ0v) is 8.52. The molecule has 0 atom stereocenters. The molecule has 0 amide bonds.